The summed E-state index contributed by atoms with van der Waals surface area (Å²) in [5.41, 5.74) is 0. The van der Waals surface area contributed by atoms with Crippen LogP contribution in [-0.4, -0.2) is 12.3 Å². The summed E-state index contributed by atoms with van der Waals surface area (Å²) >= 11 is 0. The first-order valence-corrected chi connectivity index (χ1v) is 22.0. The molecule has 1 radical (unpaired) electrons. The Bertz CT molecular complexity index is 491. The Morgan fingerprint density at radius 3 is 0.581 bits per heavy atom. The van der Waals surface area contributed by atoms with Crippen molar-refractivity contribution in [2.45, 2.75) is 219 Å². The Hall–Kier alpha value is 0.886. The van der Waals surface area contributed by atoms with Gasteiger partial charge in [0.05, 0.1) is 0 Å². The Morgan fingerprint density at radius 1 is 0.302 bits per heavy atom. The van der Waals surface area contributed by atoms with Gasteiger partial charge in [-0.3, -0.25) is 0 Å². The quantitative estimate of drug-likeness (QED) is 0.0496. The monoisotopic (exact) mass is 693 g/mol. The second-order valence-electron chi connectivity index (χ2n) is 12.9. The fourth-order valence-corrected chi connectivity index (χ4v) is 6.71. The van der Waals surface area contributed by atoms with Gasteiger partial charge in [0.25, 0.3) is 0 Å². The van der Waals surface area contributed by atoms with Crippen molar-refractivity contribution in [2.75, 3.05) is 12.3 Å². The molecule has 0 aliphatic heterocycles. The third-order valence-corrected chi connectivity index (χ3v) is 9.99. The molecule has 0 aliphatic rings. The molecule has 4 nitrogen and oxygen atoms in total. The van der Waals surface area contributed by atoms with E-state index in [9.17, 15) is 18.9 Å². The first-order chi connectivity index (χ1) is 20.5. The van der Waals surface area contributed by atoms with Crippen LogP contribution in [0.15, 0.2) is 0 Å². The molecule has 263 valence electrons. The van der Waals surface area contributed by atoms with E-state index in [1.807, 2.05) is 0 Å². The molecule has 0 aromatic carbocycles. The van der Waals surface area contributed by atoms with Crippen molar-refractivity contribution in [3.05, 3.63) is 0 Å². The first-order valence-electron chi connectivity index (χ1n) is 18.9. The number of hydrogen-bond donors (Lipinski definition) is 0. The van der Waals surface area contributed by atoms with Crippen molar-refractivity contribution in [3.8, 4) is 0 Å². The van der Waals surface area contributed by atoms with Crippen molar-refractivity contribution in [1.29, 1.82) is 0 Å². The standard InChI is InChI=1S/2C18H39O2P.Co/c2*1-2-3-4-5-6-7-8-9-10-11-12-13-14-15-16-17-18-21(19)20;/h2*21H,2-18H2,1H3,(H,19,20);/q;;+2/p-2. The maximum Gasteiger partial charge on any atom is 2.00 e. The molecule has 2 atom stereocenters. The molecule has 0 saturated carbocycles. The van der Waals surface area contributed by atoms with Crippen LogP contribution < -0.4 is 9.79 Å². The zero-order chi connectivity index (χ0) is 31.2. The van der Waals surface area contributed by atoms with Crippen LogP contribution in [0.3, 0.4) is 0 Å². The number of rotatable bonds is 34. The van der Waals surface area contributed by atoms with Gasteiger partial charge < -0.3 is 18.9 Å². The molecular formula is C36H76CoO4P2. The van der Waals surface area contributed by atoms with Gasteiger partial charge >= 0.3 is 16.8 Å². The number of unbranched alkanes of at least 4 members (excludes halogenated alkanes) is 30. The van der Waals surface area contributed by atoms with Crippen LogP contribution in [0.1, 0.15) is 219 Å². The van der Waals surface area contributed by atoms with E-state index in [2.05, 4.69) is 13.8 Å². The summed E-state index contributed by atoms with van der Waals surface area (Å²) in [4.78, 5) is 20.8. The van der Waals surface area contributed by atoms with Crippen molar-refractivity contribution in [3.63, 3.8) is 0 Å². The molecule has 7 heteroatoms. The summed E-state index contributed by atoms with van der Waals surface area (Å²) in [5, 5.41) is 0. The van der Waals surface area contributed by atoms with E-state index in [0.717, 1.165) is 25.7 Å². The SMILES string of the molecule is CCCCCCCCCCCCCCCCCC[PH](=O)[O-].CCCCCCCCCCCCCCCCCC[PH](=O)[O-].[Co+2]. The van der Waals surface area contributed by atoms with Crippen molar-refractivity contribution >= 4 is 16.1 Å². The number of hydrogen-bond acceptors (Lipinski definition) is 4. The molecule has 0 aromatic heterocycles. The van der Waals surface area contributed by atoms with E-state index < -0.39 is 16.1 Å². The predicted octanol–water partition coefficient (Wildman–Crippen LogP) is 12.2. The molecule has 0 aliphatic carbocycles. The van der Waals surface area contributed by atoms with Gasteiger partial charge in [0.1, 0.15) is 0 Å². The third kappa shape index (κ3) is 52.7. The van der Waals surface area contributed by atoms with Gasteiger partial charge in [-0.15, -0.1) is 0 Å². The zero-order valence-electron chi connectivity index (χ0n) is 29.0. The van der Waals surface area contributed by atoms with Gasteiger partial charge in [-0.2, -0.15) is 0 Å². The normalized spacial score (nSPS) is 12.4. The summed E-state index contributed by atoms with van der Waals surface area (Å²) in [6, 6.07) is 0. The van der Waals surface area contributed by atoms with Crippen molar-refractivity contribution in [1.82, 2.24) is 0 Å². The summed E-state index contributed by atoms with van der Waals surface area (Å²) in [6.07, 6.45) is 43.5. The van der Waals surface area contributed by atoms with E-state index >= 15 is 0 Å². The Balaban J connectivity index is -0.000000727. The van der Waals surface area contributed by atoms with Gasteiger partial charge in [0.15, 0.2) is 0 Å². The van der Waals surface area contributed by atoms with Crippen LogP contribution in [-0.2, 0) is 25.9 Å². The summed E-state index contributed by atoms with van der Waals surface area (Å²) < 4.78 is 20.8. The summed E-state index contributed by atoms with van der Waals surface area (Å²) in [7, 11) is -4.91. The molecule has 0 spiro atoms. The second-order valence-corrected chi connectivity index (χ2v) is 15.3. The predicted molar refractivity (Wildman–Crippen MR) is 187 cm³/mol. The third-order valence-electron chi connectivity index (χ3n) is 8.47. The van der Waals surface area contributed by atoms with Gasteiger partial charge in [0, 0.05) is 16.1 Å². The molecule has 0 bridgehead atoms. The minimum Gasteiger partial charge on any atom is -0.802 e. The van der Waals surface area contributed by atoms with Crippen LogP contribution in [0.4, 0.5) is 0 Å². The molecular weight excluding hydrogens is 617 g/mol. The van der Waals surface area contributed by atoms with Crippen molar-refractivity contribution in [2.24, 2.45) is 0 Å². The van der Waals surface area contributed by atoms with E-state index in [1.54, 1.807) is 0 Å². The zero-order valence-corrected chi connectivity index (χ0v) is 32.0. The van der Waals surface area contributed by atoms with Crippen LogP contribution in [0.5, 0.6) is 0 Å². The maximum atomic E-state index is 10.4. The maximum absolute atomic E-state index is 10.4. The molecule has 0 fully saturated rings. The molecule has 43 heavy (non-hydrogen) atoms. The summed E-state index contributed by atoms with van der Waals surface area (Å²) in [6.45, 7) is 4.55. The van der Waals surface area contributed by atoms with Gasteiger partial charge in [-0.05, 0) is 25.2 Å². The van der Waals surface area contributed by atoms with Crippen LogP contribution in [0.25, 0.3) is 0 Å². The van der Waals surface area contributed by atoms with E-state index in [-0.39, 0.29) is 16.8 Å². The van der Waals surface area contributed by atoms with Crippen LogP contribution in [0, 0.1) is 0 Å². The molecule has 0 rings (SSSR count). The topological polar surface area (TPSA) is 80.3 Å². The largest absolute Gasteiger partial charge is 2.00 e. The molecule has 0 aromatic rings. The molecule has 0 saturated heterocycles. The van der Waals surface area contributed by atoms with E-state index in [0.29, 0.717) is 12.3 Å². The van der Waals surface area contributed by atoms with Crippen LogP contribution >= 0.6 is 16.1 Å². The smallest absolute Gasteiger partial charge is 0.802 e. The molecule has 2 unspecified atom stereocenters. The minimum atomic E-state index is -2.45. The summed E-state index contributed by atoms with van der Waals surface area (Å²) in [5.74, 6) is 0. The van der Waals surface area contributed by atoms with Gasteiger partial charge in [-0.1, -0.05) is 206 Å². The van der Waals surface area contributed by atoms with Crippen molar-refractivity contribution < 1.29 is 35.7 Å². The molecule has 0 N–H and O–H groups in total. The molecule has 0 heterocycles. The first kappa shape index (κ1) is 48.3. The Kier molecular flexibility index (Phi) is 50.5. The average Bonchev–Trinajstić information content (AvgIpc) is 2.97. The Labute approximate surface area is 282 Å². The molecule has 0 amide bonds. The van der Waals surface area contributed by atoms with E-state index in [1.165, 1.54) is 180 Å². The van der Waals surface area contributed by atoms with Gasteiger partial charge in [-0.25, -0.2) is 0 Å². The minimum absolute atomic E-state index is 0. The van der Waals surface area contributed by atoms with Crippen LogP contribution in [0.2, 0.25) is 0 Å². The fraction of sp³-hybridized carbons (Fsp3) is 1.00. The fourth-order valence-electron chi connectivity index (χ4n) is 5.63. The van der Waals surface area contributed by atoms with Gasteiger partial charge in [0.2, 0.25) is 0 Å². The Morgan fingerprint density at radius 2 is 0.442 bits per heavy atom. The second kappa shape index (κ2) is 45.0. The average molecular weight is 694 g/mol. The van der Waals surface area contributed by atoms with E-state index in [4.69, 9.17) is 0 Å².